The average Bonchev–Trinajstić information content (AvgIpc) is 2.76. The van der Waals surface area contributed by atoms with Gasteiger partial charge in [-0.05, 0) is 43.9 Å². The number of carbonyl (C=O) groups excluding carboxylic acids is 1. The first-order chi connectivity index (χ1) is 15.5. The van der Waals surface area contributed by atoms with Crippen molar-refractivity contribution in [2.24, 2.45) is 22.2 Å². The first-order valence-electron chi connectivity index (χ1n) is 10.3. The van der Waals surface area contributed by atoms with E-state index in [2.05, 4.69) is 4.99 Å². The molecule has 0 aliphatic rings. The number of aliphatic carboxylic acids is 1. The number of hydrogen-bond donors (Lipinski definition) is 4. The second-order valence-corrected chi connectivity index (χ2v) is 9.37. The Morgan fingerprint density at radius 3 is 2.21 bits per heavy atom. The van der Waals surface area contributed by atoms with Gasteiger partial charge in [0.2, 0.25) is 0 Å². The van der Waals surface area contributed by atoms with Crippen LogP contribution in [0.5, 0.6) is 0 Å². The van der Waals surface area contributed by atoms with E-state index in [4.69, 9.17) is 17.2 Å². The van der Waals surface area contributed by atoms with Crippen LogP contribution in [0.3, 0.4) is 0 Å². The average molecular weight is 476 g/mol. The fourth-order valence-corrected chi connectivity index (χ4v) is 4.83. The monoisotopic (exact) mass is 475 g/mol. The van der Waals surface area contributed by atoms with E-state index in [1.807, 2.05) is 0 Å². The lowest BCUT2D eigenvalue weighted by molar-refractivity contribution is -0.146. The molecule has 0 bridgehead atoms. The van der Waals surface area contributed by atoms with E-state index in [0.717, 1.165) is 5.56 Å². The molecular weight excluding hydrogens is 446 g/mol. The summed E-state index contributed by atoms with van der Waals surface area (Å²) in [5.41, 5.74) is 18.2. The number of aryl methyl sites for hydroxylation is 1. The second kappa shape index (κ2) is 11.4. The Hall–Kier alpha value is -3.44. The van der Waals surface area contributed by atoms with Crippen molar-refractivity contribution in [1.82, 2.24) is 4.31 Å². The smallest absolute Gasteiger partial charge is 0.327 e. The number of carboxylic acid groups (broad SMARTS) is 1. The zero-order valence-corrected chi connectivity index (χ0v) is 19.1. The molecule has 0 aromatic heterocycles. The Labute approximate surface area is 193 Å². The Bertz CT molecular complexity index is 1080. The summed E-state index contributed by atoms with van der Waals surface area (Å²) in [5, 5.41) is 9.84. The van der Waals surface area contributed by atoms with E-state index in [9.17, 15) is 23.1 Å². The van der Waals surface area contributed by atoms with Gasteiger partial charge in [0.15, 0.2) is 5.96 Å². The molecule has 0 heterocycles. The second-order valence-electron chi connectivity index (χ2n) is 7.55. The van der Waals surface area contributed by atoms with Crippen molar-refractivity contribution in [1.29, 1.82) is 0 Å². The van der Waals surface area contributed by atoms with Gasteiger partial charge in [-0.15, -0.1) is 0 Å². The summed E-state index contributed by atoms with van der Waals surface area (Å²) in [7, 11) is -4.51. The van der Waals surface area contributed by atoms with Crippen molar-refractivity contribution in [2.45, 2.75) is 43.2 Å². The fourth-order valence-electron chi connectivity index (χ4n) is 3.22. The van der Waals surface area contributed by atoms with Gasteiger partial charge in [0, 0.05) is 6.54 Å². The van der Waals surface area contributed by atoms with Crippen LogP contribution in [-0.4, -0.2) is 54.3 Å². The number of nitrogens with zero attached hydrogens (tertiary/aromatic N) is 2. The molecule has 2 rings (SSSR count). The molecule has 7 N–H and O–H groups in total. The van der Waals surface area contributed by atoms with Crippen LogP contribution in [0.1, 0.15) is 24.0 Å². The molecular formula is C22H29N5O5S. The number of sulfonamides is 1. The van der Waals surface area contributed by atoms with Crippen molar-refractivity contribution in [3.8, 4) is 0 Å². The van der Waals surface area contributed by atoms with Gasteiger partial charge in [0.25, 0.3) is 15.9 Å². The first-order valence-corrected chi connectivity index (χ1v) is 11.7. The number of hydrogen-bond acceptors (Lipinski definition) is 6. The van der Waals surface area contributed by atoms with E-state index >= 15 is 0 Å². The molecule has 1 amide bonds. The Kier molecular flexibility index (Phi) is 8.94. The summed E-state index contributed by atoms with van der Waals surface area (Å²) in [6, 6.07) is 11.6. The number of rotatable bonds is 11. The summed E-state index contributed by atoms with van der Waals surface area (Å²) in [6.45, 7) is 1.85. The molecule has 2 aromatic rings. The van der Waals surface area contributed by atoms with Gasteiger partial charge >= 0.3 is 5.97 Å². The van der Waals surface area contributed by atoms with Crippen molar-refractivity contribution < 1.29 is 23.1 Å². The maximum Gasteiger partial charge on any atom is 0.327 e. The standard InChI is InChI=1S/C22H29N5O5S/c1-15-9-11-17(12-10-15)33(31,32)27(19(21(29)30)8-5-13-26-22(24)25)20(28)18(23)14-16-6-3-2-4-7-16/h2-4,6-7,9-12,18-19H,5,8,13-14,23H2,1H3,(H,29,30)(H4,24,25,26). The predicted octanol–water partition coefficient (Wildman–Crippen LogP) is 0.589. The molecule has 178 valence electrons. The molecule has 0 radical (unpaired) electrons. The Balaban J connectivity index is 2.44. The molecule has 0 aliphatic heterocycles. The lowest BCUT2D eigenvalue weighted by Crippen LogP contribution is -2.54. The highest BCUT2D eigenvalue weighted by molar-refractivity contribution is 7.89. The molecule has 10 nitrogen and oxygen atoms in total. The maximum atomic E-state index is 13.4. The zero-order valence-electron chi connectivity index (χ0n) is 18.3. The molecule has 2 atom stereocenters. The van der Waals surface area contributed by atoms with Crippen LogP contribution in [0.4, 0.5) is 0 Å². The van der Waals surface area contributed by atoms with E-state index in [1.54, 1.807) is 49.4 Å². The maximum absolute atomic E-state index is 13.4. The van der Waals surface area contributed by atoms with E-state index in [1.165, 1.54) is 12.1 Å². The molecule has 0 fully saturated rings. The van der Waals surface area contributed by atoms with Gasteiger partial charge in [-0.1, -0.05) is 48.0 Å². The van der Waals surface area contributed by atoms with Crippen molar-refractivity contribution >= 4 is 27.9 Å². The molecule has 2 unspecified atom stereocenters. The van der Waals surface area contributed by atoms with E-state index in [-0.39, 0.29) is 36.7 Å². The molecule has 0 saturated heterocycles. The number of carboxylic acids is 1. The van der Waals surface area contributed by atoms with Crippen LogP contribution in [0, 0.1) is 6.92 Å². The van der Waals surface area contributed by atoms with Crippen LogP contribution >= 0.6 is 0 Å². The molecule has 0 saturated carbocycles. The van der Waals surface area contributed by atoms with Gasteiger partial charge in [0.05, 0.1) is 10.9 Å². The quantitative estimate of drug-likeness (QED) is 0.207. The normalized spacial score (nSPS) is 13.0. The third-order valence-electron chi connectivity index (χ3n) is 4.91. The lowest BCUT2D eigenvalue weighted by atomic mass is 10.0. The summed E-state index contributed by atoms with van der Waals surface area (Å²) < 4.78 is 27.3. The fraction of sp³-hybridized carbons (Fsp3) is 0.318. The number of carbonyl (C=O) groups is 2. The predicted molar refractivity (Wildman–Crippen MR) is 125 cm³/mol. The third kappa shape index (κ3) is 7.02. The van der Waals surface area contributed by atoms with Crippen molar-refractivity contribution in [3.63, 3.8) is 0 Å². The minimum atomic E-state index is -4.51. The first kappa shape index (κ1) is 25.8. The SMILES string of the molecule is Cc1ccc(S(=O)(=O)N(C(=O)C(N)Cc2ccccc2)C(CCCN=C(N)N)C(=O)O)cc1. The van der Waals surface area contributed by atoms with Crippen molar-refractivity contribution in [3.05, 3.63) is 65.7 Å². The number of nitrogens with two attached hydrogens (primary N) is 3. The number of benzene rings is 2. The summed E-state index contributed by atoms with van der Waals surface area (Å²) >= 11 is 0. The van der Waals surface area contributed by atoms with Gasteiger partial charge < -0.3 is 22.3 Å². The summed E-state index contributed by atoms with van der Waals surface area (Å²) in [6.07, 6.45) is -0.0169. The number of aliphatic imine (C=N–C) groups is 1. The molecule has 33 heavy (non-hydrogen) atoms. The van der Waals surface area contributed by atoms with Crippen molar-refractivity contribution in [2.75, 3.05) is 6.54 Å². The van der Waals surface area contributed by atoms with Crippen LogP contribution in [0.2, 0.25) is 0 Å². The summed E-state index contributed by atoms with van der Waals surface area (Å²) in [4.78, 5) is 29.0. The van der Waals surface area contributed by atoms with Crippen LogP contribution in [-0.2, 0) is 26.0 Å². The molecule has 0 aliphatic carbocycles. The zero-order chi connectivity index (χ0) is 24.6. The lowest BCUT2D eigenvalue weighted by Gasteiger charge is -2.30. The van der Waals surface area contributed by atoms with Crippen LogP contribution < -0.4 is 17.2 Å². The Morgan fingerprint density at radius 1 is 1.06 bits per heavy atom. The number of guanidine groups is 1. The minimum Gasteiger partial charge on any atom is -0.480 e. The largest absolute Gasteiger partial charge is 0.480 e. The van der Waals surface area contributed by atoms with Gasteiger partial charge in [-0.25, -0.2) is 17.5 Å². The highest BCUT2D eigenvalue weighted by Crippen LogP contribution is 2.23. The minimum absolute atomic E-state index is 0.0416. The molecule has 2 aromatic carbocycles. The number of amides is 1. The third-order valence-corrected chi connectivity index (χ3v) is 6.73. The van der Waals surface area contributed by atoms with E-state index < -0.39 is 34.0 Å². The van der Waals surface area contributed by atoms with Gasteiger partial charge in [0.1, 0.15) is 6.04 Å². The van der Waals surface area contributed by atoms with Gasteiger partial charge in [-0.3, -0.25) is 9.79 Å². The Morgan fingerprint density at radius 2 is 1.67 bits per heavy atom. The van der Waals surface area contributed by atoms with Gasteiger partial charge in [-0.2, -0.15) is 0 Å². The molecule has 0 spiro atoms. The summed E-state index contributed by atoms with van der Waals surface area (Å²) in [5.74, 6) is -2.66. The van der Waals surface area contributed by atoms with E-state index in [0.29, 0.717) is 9.87 Å². The molecule has 11 heteroatoms. The highest BCUT2D eigenvalue weighted by atomic mass is 32.2. The van der Waals surface area contributed by atoms with Crippen LogP contribution in [0.25, 0.3) is 0 Å². The topological polar surface area (TPSA) is 182 Å². The van der Waals surface area contributed by atoms with Crippen LogP contribution in [0.15, 0.2) is 64.5 Å². The highest BCUT2D eigenvalue weighted by Gasteiger charge is 2.41.